The quantitative estimate of drug-likeness (QED) is 0.408. The summed E-state index contributed by atoms with van der Waals surface area (Å²) in [5, 5.41) is 9.64. The summed E-state index contributed by atoms with van der Waals surface area (Å²) >= 11 is 6.09. The molecule has 1 fully saturated rings. The smallest absolute Gasteiger partial charge is 0.252 e. The number of amides is 1. The summed E-state index contributed by atoms with van der Waals surface area (Å²) in [4.78, 5) is 20.4. The second-order valence-electron chi connectivity index (χ2n) is 7.93. The van der Waals surface area contributed by atoms with Gasteiger partial charge in [-0.25, -0.2) is 0 Å². The number of fused-ring (bicyclic) bond motifs is 2. The van der Waals surface area contributed by atoms with Gasteiger partial charge < -0.3 is 15.6 Å². The van der Waals surface area contributed by atoms with Crippen LogP contribution in [0.25, 0.3) is 21.8 Å². The van der Waals surface area contributed by atoms with Gasteiger partial charge in [0.2, 0.25) is 0 Å². The summed E-state index contributed by atoms with van der Waals surface area (Å²) in [6.45, 7) is 0. The molecule has 0 spiro atoms. The fourth-order valence-corrected chi connectivity index (χ4v) is 4.56. The van der Waals surface area contributed by atoms with Crippen molar-refractivity contribution in [1.82, 2.24) is 15.3 Å². The molecule has 0 radical (unpaired) electrons. The molecule has 2 heterocycles. The Morgan fingerprint density at radius 1 is 1.00 bits per heavy atom. The van der Waals surface area contributed by atoms with Crippen molar-refractivity contribution >= 4 is 45.0 Å². The van der Waals surface area contributed by atoms with Gasteiger partial charge in [-0.05, 0) is 68.1 Å². The average molecular weight is 419 g/mol. The van der Waals surface area contributed by atoms with Crippen molar-refractivity contribution in [2.45, 2.75) is 37.8 Å². The largest absolute Gasteiger partial charge is 0.382 e. The summed E-state index contributed by atoms with van der Waals surface area (Å²) < 4.78 is 0. The Labute approximate surface area is 179 Å². The lowest BCUT2D eigenvalue weighted by atomic mass is 9.90. The van der Waals surface area contributed by atoms with E-state index in [2.05, 4.69) is 20.6 Å². The minimum Gasteiger partial charge on any atom is -0.382 e. The Morgan fingerprint density at radius 2 is 1.83 bits per heavy atom. The molecule has 3 N–H and O–H groups in total. The summed E-state index contributed by atoms with van der Waals surface area (Å²) in [5.41, 5.74) is 3.70. The number of benzene rings is 2. The molecule has 30 heavy (non-hydrogen) atoms. The lowest BCUT2D eigenvalue weighted by molar-refractivity contribution is 0.0928. The first kappa shape index (κ1) is 18.9. The van der Waals surface area contributed by atoms with E-state index in [-0.39, 0.29) is 11.9 Å². The third-order valence-electron chi connectivity index (χ3n) is 5.97. The van der Waals surface area contributed by atoms with Gasteiger partial charge in [0.15, 0.2) is 0 Å². The number of hydrogen-bond acceptors (Lipinski definition) is 3. The number of nitrogens with one attached hydrogen (secondary N) is 3. The summed E-state index contributed by atoms with van der Waals surface area (Å²) in [6, 6.07) is 16.2. The van der Waals surface area contributed by atoms with Crippen LogP contribution in [0.5, 0.6) is 0 Å². The zero-order valence-corrected chi connectivity index (χ0v) is 17.2. The molecule has 1 aliphatic carbocycles. The molecule has 0 atom stereocenters. The number of aromatic nitrogens is 2. The Morgan fingerprint density at radius 3 is 2.70 bits per heavy atom. The van der Waals surface area contributed by atoms with Gasteiger partial charge in [0, 0.05) is 57.0 Å². The number of hydrogen-bond donors (Lipinski definition) is 3. The molecule has 152 valence electrons. The molecule has 5 nitrogen and oxygen atoms in total. The van der Waals surface area contributed by atoms with Crippen LogP contribution in [0.2, 0.25) is 5.02 Å². The minimum atomic E-state index is 0.00798. The van der Waals surface area contributed by atoms with E-state index in [9.17, 15) is 4.79 Å². The van der Waals surface area contributed by atoms with Gasteiger partial charge in [0.25, 0.3) is 5.91 Å². The summed E-state index contributed by atoms with van der Waals surface area (Å²) in [5.74, 6) is 0.00798. The monoisotopic (exact) mass is 418 g/mol. The zero-order chi connectivity index (χ0) is 20.5. The average Bonchev–Trinajstić information content (AvgIpc) is 3.24. The highest BCUT2D eigenvalue weighted by Crippen LogP contribution is 2.28. The molecule has 0 aliphatic heterocycles. The van der Waals surface area contributed by atoms with E-state index in [1.54, 1.807) is 0 Å². The molecule has 0 bridgehead atoms. The number of pyridine rings is 1. The van der Waals surface area contributed by atoms with E-state index in [4.69, 9.17) is 11.6 Å². The van der Waals surface area contributed by atoms with Gasteiger partial charge in [-0.15, -0.1) is 0 Å². The van der Waals surface area contributed by atoms with E-state index < -0.39 is 0 Å². The first-order valence-corrected chi connectivity index (χ1v) is 10.7. The van der Waals surface area contributed by atoms with Crippen molar-refractivity contribution in [1.29, 1.82) is 0 Å². The third-order valence-corrected chi connectivity index (χ3v) is 6.20. The fourth-order valence-electron chi connectivity index (χ4n) is 4.40. The number of carbonyl (C=O) groups excluding carboxylic acids is 1. The number of aromatic amines is 1. The second kappa shape index (κ2) is 8.00. The number of rotatable bonds is 4. The maximum Gasteiger partial charge on any atom is 0.252 e. The van der Waals surface area contributed by atoms with E-state index in [0.29, 0.717) is 11.1 Å². The molecule has 2 aromatic heterocycles. The van der Waals surface area contributed by atoms with E-state index in [1.807, 2.05) is 60.9 Å². The van der Waals surface area contributed by atoms with Crippen LogP contribution in [0.4, 0.5) is 5.69 Å². The minimum absolute atomic E-state index is 0.00798. The Balaban J connectivity index is 1.22. The molecule has 6 heteroatoms. The topological polar surface area (TPSA) is 69.8 Å². The van der Waals surface area contributed by atoms with Crippen molar-refractivity contribution in [3.63, 3.8) is 0 Å². The Kier molecular flexibility index (Phi) is 5.05. The highest BCUT2D eigenvalue weighted by molar-refractivity contribution is 6.31. The van der Waals surface area contributed by atoms with Gasteiger partial charge in [0.05, 0.1) is 5.52 Å². The molecule has 1 amide bonds. The standard InChI is InChI=1S/C24H23ClN4O/c25-15-4-9-20-22(11-13-27-23(20)14-15)28-16-5-7-17(8-6-16)29-24(30)19-2-1-3-21-18(19)10-12-26-21/h1-4,9-14,16-17,26H,5-8H2,(H,27,28)(H,29,30). The zero-order valence-electron chi connectivity index (χ0n) is 16.5. The second-order valence-corrected chi connectivity index (χ2v) is 8.37. The fraction of sp³-hybridized carbons (Fsp3) is 0.250. The van der Waals surface area contributed by atoms with Crippen LogP contribution in [0.15, 0.2) is 60.9 Å². The third kappa shape index (κ3) is 3.73. The van der Waals surface area contributed by atoms with Crippen molar-refractivity contribution in [3.8, 4) is 0 Å². The van der Waals surface area contributed by atoms with E-state index in [0.717, 1.165) is 58.7 Å². The normalized spacial score (nSPS) is 19.1. The summed E-state index contributed by atoms with van der Waals surface area (Å²) in [7, 11) is 0. The van der Waals surface area contributed by atoms with Gasteiger partial charge in [-0.2, -0.15) is 0 Å². The molecule has 1 aliphatic rings. The maximum absolute atomic E-state index is 12.8. The molecule has 4 aromatic rings. The first-order valence-electron chi connectivity index (χ1n) is 10.3. The summed E-state index contributed by atoms with van der Waals surface area (Å²) in [6.07, 6.45) is 7.62. The first-order chi connectivity index (χ1) is 14.7. The molecular formula is C24H23ClN4O. The van der Waals surface area contributed by atoms with Crippen LogP contribution in [-0.4, -0.2) is 28.0 Å². The predicted octanol–water partition coefficient (Wildman–Crippen LogP) is 5.52. The predicted molar refractivity (Wildman–Crippen MR) is 122 cm³/mol. The van der Waals surface area contributed by atoms with Crippen LogP contribution in [-0.2, 0) is 0 Å². The van der Waals surface area contributed by atoms with Crippen LogP contribution in [0.3, 0.4) is 0 Å². The van der Waals surface area contributed by atoms with Gasteiger partial charge in [-0.3, -0.25) is 9.78 Å². The van der Waals surface area contributed by atoms with Crippen LogP contribution in [0, 0.1) is 0 Å². The van der Waals surface area contributed by atoms with Gasteiger partial charge in [0.1, 0.15) is 0 Å². The molecule has 2 aromatic carbocycles. The van der Waals surface area contributed by atoms with Crippen molar-refractivity contribution in [3.05, 3.63) is 71.5 Å². The lowest BCUT2D eigenvalue weighted by Gasteiger charge is -2.30. The van der Waals surface area contributed by atoms with E-state index >= 15 is 0 Å². The molecular weight excluding hydrogens is 396 g/mol. The van der Waals surface area contributed by atoms with Crippen molar-refractivity contribution in [2.75, 3.05) is 5.32 Å². The number of H-pyrrole nitrogens is 1. The molecule has 1 saturated carbocycles. The Bertz CT molecular complexity index is 1210. The van der Waals surface area contributed by atoms with Gasteiger partial charge >= 0.3 is 0 Å². The maximum atomic E-state index is 12.8. The number of carbonyl (C=O) groups is 1. The van der Waals surface area contributed by atoms with Crippen LogP contribution in [0.1, 0.15) is 36.0 Å². The van der Waals surface area contributed by atoms with Gasteiger partial charge in [-0.1, -0.05) is 17.7 Å². The molecule has 5 rings (SSSR count). The number of halogens is 1. The highest BCUT2D eigenvalue weighted by atomic mass is 35.5. The lowest BCUT2D eigenvalue weighted by Crippen LogP contribution is -2.40. The number of anilines is 1. The van der Waals surface area contributed by atoms with Crippen LogP contribution >= 0.6 is 11.6 Å². The molecule has 0 unspecified atom stereocenters. The Hall–Kier alpha value is -3.05. The molecule has 0 saturated heterocycles. The van der Waals surface area contributed by atoms with Crippen LogP contribution < -0.4 is 10.6 Å². The van der Waals surface area contributed by atoms with Crippen molar-refractivity contribution < 1.29 is 4.79 Å². The SMILES string of the molecule is O=C(NC1CCC(Nc2ccnc3cc(Cl)ccc23)CC1)c1cccc2[nH]ccc12. The number of nitrogens with zero attached hydrogens (tertiary/aromatic N) is 1. The van der Waals surface area contributed by atoms with Crippen molar-refractivity contribution in [2.24, 2.45) is 0 Å². The highest BCUT2D eigenvalue weighted by Gasteiger charge is 2.23. The van der Waals surface area contributed by atoms with E-state index in [1.165, 1.54) is 0 Å².